The number of fused-ring (bicyclic) bond motifs is 1. The number of hydrogen-bond donors (Lipinski definition) is 1. The summed E-state index contributed by atoms with van der Waals surface area (Å²) in [5, 5.41) is 3.60. The van der Waals surface area contributed by atoms with Crippen LogP contribution >= 0.6 is 0 Å². The molecule has 5 nitrogen and oxygen atoms in total. The number of esters is 1. The van der Waals surface area contributed by atoms with E-state index >= 15 is 0 Å². The molecule has 0 unspecified atom stereocenters. The zero-order valence-electron chi connectivity index (χ0n) is 13.0. The zero-order chi connectivity index (χ0) is 15.9. The summed E-state index contributed by atoms with van der Waals surface area (Å²) in [6.45, 7) is 4.39. The summed E-state index contributed by atoms with van der Waals surface area (Å²) < 4.78 is 10.4. The molecule has 1 amide bonds. The van der Waals surface area contributed by atoms with Crippen molar-refractivity contribution in [3.05, 3.63) is 35.6 Å². The molecular weight excluding hydrogens is 282 g/mol. The van der Waals surface area contributed by atoms with Crippen LogP contribution < -0.4 is 5.32 Å². The van der Waals surface area contributed by atoms with Crippen molar-refractivity contribution >= 4 is 22.8 Å². The van der Waals surface area contributed by atoms with Crippen LogP contribution in [0.3, 0.4) is 0 Å². The third kappa shape index (κ3) is 4.35. The number of nitrogens with one attached hydrogen (secondary N) is 1. The maximum Gasteiger partial charge on any atom is 0.310 e. The molecular formula is C17H21NO4. The molecule has 0 radical (unpaired) electrons. The van der Waals surface area contributed by atoms with Crippen LogP contribution in [-0.4, -0.2) is 25.0 Å². The van der Waals surface area contributed by atoms with Gasteiger partial charge < -0.3 is 14.5 Å². The van der Waals surface area contributed by atoms with Gasteiger partial charge in [0, 0.05) is 17.5 Å². The number of carbonyl (C=O) groups excluding carboxylic acids is 2. The van der Waals surface area contributed by atoms with Crippen molar-refractivity contribution in [2.45, 2.75) is 33.1 Å². The van der Waals surface area contributed by atoms with Crippen molar-refractivity contribution in [3.63, 3.8) is 0 Å². The quantitative estimate of drug-likeness (QED) is 0.631. The third-order valence-electron chi connectivity index (χ3n) is 3.36. The minimum Gasteiger partial charge on any atom is -0.464 e. The van der Waals surface area contributed by atoms with Crippen LogP contribution in [0.5, 0.6) is 0 Å². The van der Waals surface area contributed by atoms with Crippen LogP contribution in [-0.2, 0) is 20.7 Å². The first-order chi connectivity index (χ1) is 10.6. The number of benzene rings is 1. The van der Waals surface area contributed by atoms with Gasteiger partial charge in [0.1, 0.15) is 5.58 Å². The standard InChI is InChI=1S/C17H21NO4/c1-3-4-7-18-16(19)11-22-17(20)9-13-10-21-15-8-12(2)5-6-14(13)15/h5-6,8,10H,3-4,7,9,11H2,1-2H3,(H,18,19). The highest BCUT2D eigenvalue weighted by atomic mass is 16.5. The number of carbonyl (C=O) groups is 2. The van der Waals surface area contributed by atoms with E-state index in [1.54, 1.807) is 6.26 Å². The van der Waals surface area contributed by atoms with E-state index in [9.17, 15) is 9.59 Å². The maximum absolute atomic E-state index is 11.8. The second-order valence-electron chi connectivity index (χ2n) is 5.30. The van der Waals surface area contributed by atoms with Gasteiger partial charge >= 0.3 is 5.97 Å². The van der Waals surface area contributed by atoms with Gasteiger partial charge in [-0.1, -0.05) is 25.5 Å². The Hall–Kier alpha value is -2.30. The van der Waals surface area contributed by atoms with Gasteiger partial charge in [0.2, 0.25) is 0 Å². The van der Waals surface area contributed by atoms with Gasteiger partial charge in [-0.05, 0) is 25.0 Å². The van der Waals surface area contributed by atoms with Crippen LogP contribution in [0.25, 0.3) is 11.0 Å². The van der Waals surface area contributed by atoms with Gasteiger partial charge in [-0.25, -0.2) is 0 Å². The van der Waals surface area contributed by atoms with Gasteiger partial charge in [-0.2, -0.15) is 0 Å². The molecule has 0 aliphatic carbocycles. The van der Waals surface area contributed by atoms with Crippen LogP contribution in [0.15, 0.2) is 28.9 Å². The number of furan rings is 1. The summed E-state index contributed by atoms with van der Waals surface area (Å²) in [5.41, 5.74) is 2.62. The van der Waals surface area contributed by atoms with E-state index in [0.717, 1.165) is 34.9 Å². The normalized spacial score (nSPS) is 10.6. The molecule has 0 aliphatic rings. The Morgan fingerprint density at radius 3 is 2.91 bits per heavy atom. The number of aryl methyl sites for hydroxylation is 1. The predicted molar refractivity (Wildman–Crippen MR) is 83.5 cm³/mol. The Balaban J connectivity index is 1.85. The first-order valence-electron chi connectivity index (χ1n) is 7.49. The van der Waals surface area contributed by atoms with E-state index < -0.39 is 5.97 Å². The van der Waals surface area contributed by atoms with E-state index in [1.807, 2.05) is 32.0 Å². The topological polar surface area (TPSA) is 68.5 Å². The number of ether oxygens (including phenoxy) is 1. The van der Waals surface area contributed by atoms with Crippen LogP contribution in [0, 0.1) is 6.92 Å². The Morgan fingerprint density at radius 2 is 2.14 bits per heavy atom. The molecule has 0 saturated carbocycles. The lowest BCUT2D eigenvalue weighted by atomic mass is 10.1. The minimum absolute atomic E-state index is 0.0955. The van der Waals surface area contributed by atoms with Crippen LogP contribution in [0.4, 0.5) is 0 Å². The number of rotatable bonds is 7. The fraction of sp³-hybridized carbons (Fsp3) is 0.412. The lowest BCUT2D eigenvalue weighted by molar-refractivity contribution is -0.147. The van der Waals surface area contributed by atoms with Crippen molar-refractivity contribution in [1.29, 1.82) is 0 Å². The molecule has 2 aromatic rings. The molecule has 0 spiro atoms. The summed E-state index contributed by atoms with van der Waals surface area (Å²) in [4.78, 5) is 23.3. The highest BCUT2D eigenvalue weighted by Crippen LogP contribution is 2.22. The van der Waals surface area contributed by atoms with Crippen LogP contribution in [0.1, 0.15) is 30.9 Å². The van der Waals surface area contributed by atoms with E-state index in [2.05, 4.69) is 5.32 Å². The monoisotopic (exact) mass is 303 g/mol. The van der Waals surface area contributed by atoms with Crippen molar-refractivity contribution in [1.82, 2.24) is 5.32 Å². The smallest absolute Gasteiger partial charge is 0.310 e. The Morgan fingerprint density at radius 1 is 1.32 bits per heavy atom. The summed E-state index contributed by atoms with van der Waals surface area (Å²) in [6.07, 6.45) is 3.58. The fourth-order valence-electron chi connectivity index (χ4n) is 2.14. The second-order valence-corrected chi connectivity index (χ2v) is 5.30. The zero-order valence-corrected chi connectivity index (χ0v) is 13.0. The largest absolute Gasteiger partial charge is 0.464 e. The van der Waals surface area contributed by atoms with Crippen LogP contribution in [0.2, 0.25) is 0 Å². The average Bonchev–Trinajstić information content (AvgIpc) is 2.87. The summed E-state index contributed by atoms with van der Waals surface area (Å²) in [7, 11) is 0. The fourth-order valence-corrected chi connectivity index (χ4v) is 2.14. The first-order valence-corrected chi connectivity index (χ1v) is 7.49. The van der Waals surface area contributed by atoms with Gasteiger partial charge in [0.25, 0.3) is 5.91 Å². The summed E-state index contributed by atoms with van der Waals surface area (Å²) in [6, 6.07) is 5.81. The molecule has 1 aromatic carbocycles. The number of hydrogen-bond acceptors (Lipinski definition) is 4. The molecule has 2 rings (SSSR count). The molecule has 0 fully saturated rings. The highest BCUT2D eigenvalue weighted by molar-refractivity contribution is 5.87. The van der Waals surface area contributed by atoms with Gasteiger partial charge in [-0.3, -0.25) is 9.59 Å². The van der Waals surface area contributed by atoms with Gasteiger partial charge in [0.05, 0.1) is 12.7 Å². The molecule has 1 aromatic heterocycles. The van der Waals surface area contributed by atoms with Gasteiger partial charge in [0.15, 0.2) is 6.61 Å². The molecule has 22 heavy (non-hydrogen) atoms. The Bertz CT molecular complexity index is 660. The lowest BCUT2D eigenvalue weighted by Gasteiger charge is -2.05. The molecule has 0 bridgehead atoms. The third-order valence-corrected chi connectivity index (χ3v) is 3.36. The van der Waals surface area contributed by atoms with Crippen molar-refractivity contribution in [2.24, 2.45) is 0 Å². The predicted octanol–water partition coefficient (Wildman–Crippen LogP) is 2.74. The number of unbranched alkanes of at least 4 members (excludes halogenated alkanes) is 1. The highest BCUT2D eigenvalue weighted by Gasteiger charge is 2.13. The molecule has 1 N–H and O–H groups in total. The molecule has 0 atom stereocenters. The molecule has 5 heteroatoms. The average molecular weight is 303 g/mol. The Labute approximate surface area is 129 Å². The van der Waals surface area contributed by atoms with E-state index in [-0.39, 0.29) is 18.9 Å². The summed E-state index contributed by atoms with van der Waals surface area (Å²) >= 11 is 0. The molecule has 1 heterocycles. The lowest BCUT2D eigenvalue weighted by Crippen LogP contribution is -2.29. The Kier molecular flexibility index (Phi) is 5.58. The van der Waals surface area contributed by atoms with Gasteiger partial charge in [-0.15, -0.1) is 0 Å². The SMILES string of the molecule is CCCCNC(=O)COC(=O)Cc1coc2cc(C)ccc12. The summed E-state index contributed by atoms with van der Waals surface area (Å²) in [5.74, 6) is -0.705. The molecule has 0 aliphatic heterocycles. The first kappa shape index (κ1) is 16.1. The van der Waals surface area contributed by atoms with Crippen molar-refractivity contribution < 1.29 is 18.7 Å². The second kappa shape index (κ2) is 7.64. The molecule has 118 valence electrons. The minimum atomic E-state index is -0.436. The number of amides is 1. The van der Waals surface area contributed by atoms with Crippen molar-refractivity contribution in [3.8, 4) is 0 Å². The van der Waals surface area contributed by atoms with E-state index in [0.29, 0.717) is 6.54 Å². The van der Waals surface area contributed by atoms with E-state index in [4.69, 9.17) is 9.15 Å². The van der Waals surface area contributed by atoms with Crippen molar-refractivity contribution in [2.75, 3.05) is 13.2 Å². The molecule has 0 saturated heterocycles. The maximum atomic E-state index is 11.8. The van der Waals surface area contributed by atoms with E-state index in [1.165, 1.54) is 0 Å².